The van der Waals surface area contributed by atoms with Crippen LogP contribution in [0.2, 0.25) is 5.28 Å². The second-order valence-electron chi connectivity index (χ2n) is 8.58. The van der Waals surface area contributed by atoms with Crippen LogP contribution in [0.15, 0.2) is 84.9 Å². The minimum atomic E-state index is -0.574. The van der Waals surface area contributed by atoms with Gasteiger partial charge in [-0.2, -0.15) is 0 Å². The molecule has 168 valence electrons. The molecule has 0 aliphatic carbocycles. The lowest BCUT2D eigenvalue weighted by Crippen LogP contribution is -2.39. The molecule has 5 rings (SSSR count). The SMILES string of the molecule is Clc1nc(C(COC2CCCCO2)(Cc2ccccc2)c2ccccc2)c2ccccc2n1. The fourth-order valence-corrected chi connectivity index (χ4v) is 4.89. The quantitative estimate of drug-likeness (QED) is 0.302. The van der Waals surface area contributed by atoms with Crippen molar-refractivity contribution in [1.82, 2.24) is 9.97 Å². The molecule has 0 amide bonds. The number of hydrogen-bond donors (Lipinski definition) is 0. The van der Waals surface area contributed by atoms with E-state index in [1.54, 1.807) is 0 Å². The third kappa shape index (κ3) is 4.79. The third-order valence-electron chi connectivity index (χ3n) is 6.36. The van der Waals surface area contributed by atoms with Gasteiger partial charge in [-0.3, -0.25) is 0 Å². The molecule has 0 saturated carbocycles. The van der Waals surface area contributed by atoms with Crippen molar-refractivity contribution >= 4 is 22.5 Å². The van der Waals surface area contributed by atoms with Crippen LogP contribution in [-0.4, -0.2) is 29.5 Å². The zero-order chi connectivity index (χ0) is 22.5. The summed E-state index contributed by atoms with van der Waals surface area (Å²) < 4.78 is 12.4. The molecule has 0 bridgehead atoms. The van der Waals surface area contributed by atoms with Crippen molar-refractivity contribution in [3.63, 3.8) is 0 Å². The lowest BCUT2D eigenvalue weighted by atomic mass is 9.72. The standard InChI is InChI=1S/C28H27ClN2O2/c29-27-30-24-16-8-7-15-23(24)26(31-27)28(22-13-5-2-6-14-22,19-21-11-3-1-4-12-21)20-33-25-17-9-10-18-32-25/h1-8,11-16,25H,9-10,17-20H2. The Balaban J connectivity index is 1.70. The van der Waals surface area contributed by atoms with Crippen molar-refractivity contribution in [2.75, 3.05) is 13.2 Å². The van der Waals surface area contributed by atoms with Gasteiger partial charge in [0, 0.05) is 12.0 Å². The first-order valence-electron chi connectivity index (χ1n) is 11.5. The topological polar surface area (TPSA) is 44.2 Å². The second kappa shape index (κ2) is 10.0. The predicted octanol–water partition coefficient (Wildman–Crippen LogP) is 6.36. The van der Waals surface area contributed by atoms with E-state index in [2.05, 4.69) is 59.6 Å². The van der Waals surface area contributed by atoms with Gasteiger partial charge in [-0.05, 0) is 54.5 Å². The van der Waals surface area contributed by atoms with E-state index in [0.717, 1.165) is 48.0 Å². The van der Waals surface area contributed by atoms with Gasteiger partial charge in [0.25, 0.3) is 0 Å². The molecule has 5 heteroatoms. The van der Waals surface area contributed by atoms with Gasteiger partial charge >= 0.3 is 0 Å². The van der Waals surface area contributed by atoms with Crippen molar-refractivity contribution in [1.29, 1.82) is 0 Å². The Labute approximate surface area is 199 Å². The van der Waals surface area contributed by atoms with Crippen LogP contribution in [0.25, 0.3) is 10.9 Å². The number of ether oxygens (including phenoxy) is 2. The van der Waals surface area contributed by atoms with Crippen molar-refractivity contribution in [3.8, 4) is 0 Å². The van der Waals surface area contributed by atoms with Gasteiger partial charge in [0.05, 0.1) is 23.2 Å². The normalized spacial score (nSPS) is 18.2. The van der Waals surface area contributed by atoms with E-state index in [0.29, 0.717) is 13.0 Å². The zero-order valence-electron chi connectivity index (χ0n) is 18.5. The number of hydrogen-bond acceptors (Lipinski definition) is 4. The molecule has 2 unspecified atom stereocenters. The Bertz CT molecular complexity index is 1200. The molecule has 4 nitrogen and oxygen atoms in total. The number of fused-ring (bicyclic) bond motifs is 1. The summed E-state index contributed by atoms with van der Waals surface area (Å²) >= 11 is 6.48. The molecule has 33 heavy (non-hydrogen) atoms. The number of rotatable bonds is 7. The fourth-order valence-electron chi connectivity index (χ4n) is 4.72. The maximum atomic E-state index is 6.49. The lowest BCUT2D eigenvalue weighted by Gasteiger charge is -2.36. The molecular weight excluding hydrogens is 432 g/mol. The maximum absolute atomic E-state index is 6.49. The summed E-state index contributed by atoms with van der Waals surface area (Å²) in [7, 11) is 0. The highest BCUT2D eigenvalue weighted by Gasteiger charge is 2.39. The van der Waals surface area contributed by atoms with E-state index >= 15 is 0 Å². The van der Waals surface area contributed by atoms with Crippen LogP contribution in [-0.2, 0) is 21.3 Å². The second-order valence-corrected chi connectivity index (χ2v) is 8.91. The van der Waals surface area contributed by atoms with Crippen LogP contribution in [0.3, 0.4) is 0 Å². The molecule has 1 aliphatic rings. The Morgan fingerprint density at radius 3 is 2.36 bits per heavy atom. The fraction of sp³-hybridized carbons (Fsp3) is 0.286. The number of aromatic nitrogens is 2. The van der Waals surface area contributed by atoms with Crippen molar-refractivity contribution < 1.29 is 9.47 Å². The molecule has 4 aromatic rings. The first-order chi connectivity index (χ1) is 16.2. The summed E-state index contributed by atoms with van der Waals surface area (Å²) in [5.74, 6) is 0. The average molecular weight is 459 g/mol. The predicted molar refractivity (Wildman–Crippen MR) is 131 cm³/mol. The first-order valence-corrected chi connectivity index (χ1v) is 11.9. The molecule has 0 N–H and O–H groups in total. The average Bonchev–Trinajstić information content (AvgIpc) is 2.88. The summed E-state index contributed by atoms with van der Waals surface area (Å²) in [6.07, 6.45) is 3.61. The van der Waals surface area contributed by atoms with Gasteiger partial charge in [-0.25, -0.2) is 9.97 Å². The molecule has 2 heterocycles. The van der Waals surface area contributed by atoms with E-state index in [1.165, 1.54) is 5.56 Å². The van der Waals surface area contributed by atoms with E-state index in [9.17, 15) is 0 Å². The van der Waals surface area contributed by atoms with E-state index in [-0.39, 0.29) is 11.6 Å². The van der Waals surface area contributed by atoms with Gasteiger partial charge < -0.3 is 9.47 Å². The Morgan fingerprint density at radius 2 is 1.61 bits per heavy atom. The monoisotopic (exact) mass is 458 g/mol. The number of halogens is 1. The van der Waals surface area contributed by atoms with Crippen LogP contribution < -0.4 is 0 Å². The molecular formula is C28H27ClN2O2. The Morgan fingerprint density at radius 1 is 0.879 bits per heavy atom. The summed E-state index contributed by atoms with van der Waals surface area (Å²) in [4.78, 5) is 9.33. The largest absolute Gasteiger partial charge is 0.353 e. The van der Waals surface area contributed by atoms with E-state index < -0.39 is 5.41 Å². The van der Waals surface area contributed by atoms with Crippen LogP contribution in [0.4, 0.5) is 0 Å². The van der Waals surface area contributed by atoms with Crippen molar-refractivity contribution in [2.24, 2.45) is 0 Å². The minimum absolute atomic E-state index is 0.207. The summed E-state index contributed by atoms with van der Waals surface area (Å²) in [6, 6.07) is 29.0. The highest BCUT2D eigenvalue weighted by Crippen LogP contribution is 2.39. The number of para-hydroxylation sites is 1. The van der Waals surface area contributed by atoms with Crippen LogP contribution in [0.1, 0.15) is 36.1 Å². The summed E-state index contributed by atoms with van der Waals surface area (Å²) in [5.41, 5.74) is 3.46. The smallest absolute Gasteiger partial charge is 0.223 e. The molecule has 0 spiro atoms. The molecule has 2 atom stereocenters. The van der Waals surface area contributed by atoms with E-state index in [1.807, 2.05) is 30.3 Å². The van der Waals surface area contributed by atoms with Gasteiger partial charge in [0.2, 0.25) is 5.28 Å². The highest BCUT2D eigenvalue weighted by atomic mass is 35.5. The third-order valence-corrected chi connectivity index (χ3v) is 6.53. The van der Waals surface area contributed by atoms with Gasteiger partial charge in [-0.1, -0.05) is 78.9 Å². The van der Waals surface area contributed by atoms with Gasteiger partial charge in [-0.15, -0.1) is 0 Å². The van der Waals surface area contributed by atoms with Crippen LogP contribution >= 0.6 is 11.6 Å². The zero-order valence-corrected chi connectivity index (χ0v) is 19.2. The Hall–Kier alpha value is -2.79. The number of nitrogens with zero attached hydrogens (tertiary/aromatic N) is 2. The summed E-state index contributed by atoms with van der Waals surface area (Å²) in [5, 5.41) is 1.22. The number of benzene rings is 3. The molecule has 0 radical (unpaired) electrons. The Kier molecular flexibility index (Phi) is 6.68. The van der Waals surface area contributed by atoms with Gasteiger partial charge in [0.15, 0.2) is 6.29 Å². The van der Waals surface area contributed by atoms with E-state index in [4.69, 9.17) is 26.1 Å². The van der Waals surface area contributed by atoms with Gasteiger partial charge in [0.1, 0.15) is 0 Å². The summed E-state index contributed by atoms with van der Waals surface area (Å²) in [6.45, 7) is 1.16. The highest BCUT2D eigenvalue weighted by molar-refractivity contribution is 6.28. The maximum Gasteiger partial charge on any atom is 0.223 e. The molecule has 3 aromatic carbocycles. The van der Waals surface area contributed by atoms with Crippen LogP contribution in [0, 0.1) is 0 Å². The molecule has 1 aliphatic heterocycles. The minimum Gasteiger partial charge on any atom is -0.353 e. The first kappa shape index (κ1) is 22.0. The van der Waals surface area contributed by atoms with Crippen molar-refractivity contribution in [2.45, 2.75) is 37.4 Å². The van der Waals surface area contributed by atoms with Crippen molar-refractivity contribution in [3.05, 3.63) is 107 Å². The molecule has 1 aromatic heterocycles. The molecule has 1 fully saturated rings. The lowest BCUT2D eigenvalue weighted by molar-refractivity contribution is -0.169. The molecule has 1 saturated heterocycles. The van der Waals surface area contributed by atoms with Crippen LogP contribution in [0.5, 0.6) is 0 Å².